The Hall–Kier alpha value is -3.06. The molecule has 4 aromatic rings. The van der Waals surface area contributed by atoms with E-state index in [-0.39, 0.29) is 11.7 Å². The summed E-state index contributed by atoms with van der Waals surface area (Å²) >= 11 is 3.52. The number of benzene rings is 2. The molecule has 1 saturated carbocycles. The third-order valence-electron chi connectivity index (χ3n) is 6.42. The Morgan fingerprint density at radius 2 is 1.91 bits per heavy atom. The summed E-state index contributed by atoms with van der Waals surface area (Å²) in [5.41, 5.74) is 5.66. The monoisotopic (exact) mass is 506 g/mol. The molecule has 1 aliphatic carbocycles. The predicted octanol–water partition coefficient (Wildman–Crippen LogP) is 6.52. The number of pyridine rings is 1. The van der Waals surface area contributed by atoms with Gasteiger partial charge in [0, 0.05) is 21.5 Å². The average Bonchev–Trinajstić information content (AvgIpc) is 3.01. The number of halogens is 2. The highest BCUT2D eigenvalue weighted by molar-refractivity contribution is 9.10. The first-order valence-corrected chi connectivity index (χ1v) is 11.9. The van der Waals surface area contributed by atoms with Crippen LogP contribution in [0, 0.1) is 19.7 Å². The number of hydrogen-bond acceptors (Lipinski definition) is 3. The Morgan fingerprint density at radius 3 is 2.61 bits per heavy atom. The third-order valence-corrected chi connectivity index (χ3v) is 6.92. The van der Waals surface area contributed by atoms with E-state index in [2.05, 4.69) is 26.3 Å². The highest BCUT2D eigenvalue weighted by atomic mass is 79.9. The minimum absolute atomic E-state index is 0.173. The number of amides is 1. The number of aromatic nitrogens is 3. The minimum atomic E-state index is -0.266. The standard InChI is InChI=1S/C26H24BrFN4O/c1-15-25(16(2)32(31-15)14-17-6-9-20(28)10-7-17)30-26(33)22-13-24(18-4-3-5-18)29-23-11-8-19(27)12-21(22)23/h6-13,18H,3-5,14H2,1-2H3,(H,30,33). The van der Waals surface area contributed by atoms with Crippen LogP contribution < -0.4 is 5.32 Å². The van der Waals surface area contributed by atoms with Crippen LogP contribution >= 0.6 is 15.9 Å². The second-order valence-electron chi connectivity index (χ2n) is 8.67. The minimum Gasteiger partial charge on any atom is -0.319 e. The third kappa shape index (κ3) is 4.29. The van der Waals surface area contributed by atoms with E-state index in [9.17, 15) is 9.18 Å². The van der Waals surface area contributed by atoms with Gasteiger partial charge in [-0.2, -0.15) is 5.10 Å². The molecule has 1 fully saturated rings. The van der Waals surface area contributed by atoms with Gasteiger partial charge < -0.3 is 5.32 Å². The van der Waals surface area contributed by atoms with E-state index in [1.807, 2.05) is 42.8 Å². The number of aryl methyl sites for hydroxylation is 1. The average molecular weight is 507 g/mol. The maximum atomic E-state index is 13.5. The maximum Gasteiger partial charge on any atom is 0.256 e. The van der Waals surface area contributed by atoms with Crippen LogP contribution in [-0.2, 0) is 6.54 Å². The summed E-state index contributed by atoms with van der Waals surface area (Å²) in [5.74, 6) is -0.0160. The molecule has 0 spiro atoms. The molecule has 2 heterocycles. The second kappa shape index (κ2) is 8.71. The summed E-state index contributed by atoms with van der Waals surface area (Å²) in [6, 6.07) is 14.2. The lowest BCUT2D eigenvalue weighted by atomic mass is 9.82. The van der Waals surface area contributed by atoms with E-state index in [0.717, 1.165) is 50.9 Å². The molecule has 33 heavy (non-hydrogen) atoms. The van der Waals surface area contributed by atoms with E-state index >= 15 is 0 Å². The quantitative estimate of drug-likeness (QED) is 0.335. The lowest BCUT2D eigenvalue weighted by Gasteiger charge is -2.25. The van der Waals surface area contributed by atoms with Gasteiger partial charge in [-0.15, -0.1) is 0 Å². The lowest BCUT2D eigenvalue weighted by Crippen LogP contribution is -2.17. The van der Waals surface area contributed by atoms with Gasteiger partial charge in [0.05, 0.1) is 34.7 Å². The Morgan fingerprint density at radius 1 is 1.15 bits per heavy atom. The van der Waals surface area contributed by atoms with Crippen molar-refractivity contribution < 1.29 is 9.18 Å². The molecule has 168 valence electrons. The molecular formula is C26H24BrFN4O. The fourth-order valence-corrected chi connectivity index (χ4v) is 4.66. The van der Waals surface area contributed by atoms with E-state index < -0.39 is 0 Å². The van der Waals surface area contributed by atoms with Crippen LogP contribution in [0.4, 0.5) is 10.1 Å². The summed E-state index contributed by atoms with van der Waals surface area (Å²) in [7, 11) is 0. The van der Waals surface area contributed by atoms with Crippen LogP contribution in [0.1, 0.15) is 58.2 Å². The predicted molar refractivity (Wildman–Crippen MR) is 131 cm³/mol. The van der Waals surface area contributed by atoms with Crippen molar-refractivity contribution >= 4 is 38.4 Å². The van der Waals surface area contributed by atoms with Gasteiger partial charge in [-0.1, -0.05) is 34.5 Å². The van der Waals surface area contributed by atoms with Gasteiger partial charge in [0.2, 0.25) is 0 Å². The Kier molecular flexibility index (Phi) is 5.74. The van der Waals surface area contributed by atoms with Gasteiger partial charge in [-0.3, -0.25) is 14.5 Å². The van der Waals surface area contributed by atoms with Crippen molar-refractivity contribution in [2.75, 3.05) is 5.32 Å². The number of rotatable bonds is 5. The van der Waals surface area contributed by atoms with E-state index in [1.54, 1.807) is 12.1 Å². The molecule has 7 heteroatoms. The van der Waals surface area contributed by atoms with E-state index in [4.69, 9.17) is 4.98 Å². The van der Waals surface area contributed by atoms with Gasteiger partial charge >= 0.3 is 0 Å². The zero-order chi connectivity index (χ0) is 23.1. The Balaban J connectivity index is 1.48. The van der Waals surface area contributed by atoms with Crippen LogP contribution in [0.25, 0.3) is 10.9 Å². The van der Waals surface area contributed by atoms with Crippen molar-refractivity contribution in [1.29, 1.82) is 0 Å². The number of hydrogen-bond donors (Lipinski definition) is 1. The van der Waals surface area contributed by atoms with Crippen LogP contribution in [0.15, 0.2) is 53.0 Å². The van der Waals surface area contributed by atoms with Crippen LogP contribution in [0.3, 0.4) is 0 Å². The van der Waals surface area contributed by atoms with Crippen molar-refractivity contribution in [2.45, 2.75) is 45.6 Å². The largest absolute Gasteiger partial charge is 0.319 e. The van der Waals surface area contributed by atoms with Gasteiger partial charge in [0.25, 0.3) is 5.91 Å². The SMILES string of the molecule is Cc1nn(Cc2ccc(F)cc2)c(C)c1NC(=O)c1cc(C2CCC2)nc2ccc(Br)cc12. The molecule has 0 aliphatic heterocycles. The Labute approximate surface area is 200 Å². The summed E-state index contributed by atoms with van der Waals surface area (Å²) in [6.45, 7) is 4.31. The van der Waals surface area contributed by atoms with Crippen LogP contribution in [0.5, 0.6) is 0 Å². The van der Waals surface area contributed by atoms with Gasteiger partial charge in [-0.25, -0.2) is 4.39 Å². The van der Waals surface area contributed by atoms with Crippen molar-refractivity contribution in [3.8, 4) is 0 Å². The first-order valence-electron chi connectivity index (χ1n) is 11.1. The maximum absolute atomic E-state index is 13.5. The molecule has 1 amide bonds. The van der Waals surface area contributed by atoms with Gasteiger partial charge in [0.15, 0.2) is 0 Å². The summed E-state index contributed by atoms with van der Waals surface area (Å²) in [5, 5.41) is 8.52. The van der Waals surface area contributed by atoms with Crippen molar-refractivity contribution in [2.24, 2.45) is 0 Å². The fourth-order valence-electron chi connectivity index (χ4n) is 4.29. The molecule has 1 N–H and O–H groups in total. The topological polar surface area (TPSA) is 59.8 Å². The first kappa shape index (κ1) is 21.8. The zero-order valence-electron chi connectivity index (χ0n) is 18.5. The van der Waals surface area contributed by atoms with Crippen molar-refractivity contribution in [1.82, 2.24) is 14.8 Å². The van der Waals surface area contributed by atoms with Gasteiger partial charge in [-0.05, 0) is 68.7 Å². The summed E-state index contributed by atoms with van der Waals surface area (Å²) in [6.07, 6.45) is 3.44. The Bertz CT molecular complexity index is 1360. The highest BCUT2D eigenvalue weighted by Gasteiger charge is 2.24. The molecule has 2 aromatic carbocycles. The van der Waals surface area contributed by atoms with Crippen molar-refractivity contribution in [3.63, 3.8) is 0 Å². The molecule has 5 rings (SSSR count). The van der Waals surface area contributed by atoms with Crippen LogP contribution in [0.2, 0.25) is 0 Å². The first-order chi connectivity index (χ1) is 15.9. The zero-order valence-corrected chi connectivity index (χ0v) is 20.1. The van der Waals surface area contributed by atoms with E-state index in [1.165, 1.54) is 18.6 Å². The molecular weight excluding hydrogens is 483 g/mol. The molecule has 0 bridgehead atoms. The summed E-state index contributed by atoms with van der Waals surface area (Å²) < 4.78 is 16.0. The molecule has 1 aliphatic rings. The lowest BCUT2D eigenvalue weighted by molar-refractivity contribution is 0.102. The molecule has 0 saturated heterocycles. The van der Waals surface area contributed by atoms with Gasteiger partial charge in [0.1, 0.15) is 5.82 Å². The smallest absolute Gasteiger partial charge is 0.256 e. The van der Waals surface area contributed by atoms with Crippen LogP contribution in [-0.4, -0.2) is 20.7 Å². The molecule has 0 unspecified atom stereocenters. The normalized spacial score (nSPS) is 13.8. The number of anilines is 1. The summed E-state index contributed by atoms with van der Waals surface area (Å²) in [4.78, 5) is 18.3. The number of fused-ring (bicyclic) bond motifs is 1. The molecule has 0 radical (unpaired) electrons. The number of carbonyl (C=O) groups is 1. The van der Waals surface area contributed by atoms with Crippen molar-refractivity contribution in [3.05, 3.63) is 87.0 Å². The molecule has 2 aromatic heterocycles. The fraction of sp³-hybridized carbons (Fsp3) is 0.269. The number of carbonyl (C=O) groups excluding carboxylic acids is 1. The van der Waals surface area contributed by atoms with E-state index in [0.29, 0.717) is 23.7 Å². The molecule has 0 atom stereocenters. The number of nitrogens with one attached hydrogen (secondary N) is 1. The second-order valence-corrected chi connectivity index (χ2v) is 9.58. The number of nitrogens with zero attached hydrogens (tertiary/aromatic N) is 3. The highest BCUT2D eigenvalue weighted by Crippen LogP contribution is 2.37. The molecule has 5 nitrogen and oxygen atoms in total.